The first kappa shape index (κ1) is 25.8. The van der Waals surface area contributed by atoms with Crippen LogP contribution >= 0.6 is 23.4 Å². The molecule has 2 amide bonds. The molecule has 2 N–H and O–H groups in total. The van der Waals surface area contributed by atoms with E-state index in [4.69, 9.17) is 22.1 Å². The minimum absolute atomic E-state index is 0.00448. The molecular weight excluding hydrogens is 529 g/mol. The molecule has 2 aliphatic heterocycles. The number of imide groups is 1. The van der Waals surface area contributed by atoms with Crippen LogP contribution in [0.3, 0.4) is 0 Å². The molecule has 2 aromatic carbocycles. The highest BCUT2D eigenvalue weighted by molar-refractivity contribution is 8.18. The molecule has 3 heterocycles. The van der Waals surface area contributed by atoms with Gasteiger partial charge in [-0.15, -0.1) is 0 Å². The highest BCUT2D eigenvalue weighted by Crippen LogP contribution is 2.36. The van der Waals surface area contributed by atoms with Crippen LogP contribution in [0.5, 0.6) is 0 Å². The number of alkyl halides is 3. The van der Waals surface area contributed by atoms with Crippen molar-refractivity contribution in [1.82, 2.24) is 14.7 Å². The summed E-state index contributed by atoms with van der Waals surface area (Å²) in [5.41, 5.74) is 6.24. The van der Waals surface area contributed by atoms with Gasteiger partial charge >= 0.3 is 6.18 Å². The number of halogens is 4. The molecule has 0 saturated carbocycles. The van der Waals surface area contributed by atoms with Gasteiger partial charge in [-0.1, -0.05) is 23.7 Å². The molecule has 2 aliphatic rings. The second-order valence-electron chi connectivity index (χ2n) is 9.16. The van der Waals surface area contributed by atoms with E-state index in [0.717, 1.165) is 17.8 Å². The predicted octanol–water partition coefficient (Wildman–Crippen LogP) is 5.30. The zero-order valence-electron chi connectivity index (χ0n) is 19.4. The first-order valence-electron chi connectivity index (χ1n) is 11.5. The van der Waals surface area contributed by atoms with Crippen molar-refractivity contribution in [3.63, 3.8) is 0 Å². The lowest BCUT2D eigenvalue weighted by Gasteiger charge is -2.35. The summed E-state index contributed by atoms with van der Waals surface area (Å²) in [6.45, 7) is 1.02. The van der Waals surface area contributed by atoms with Crippen LogP contribution in [0.2, 0.25) is 5.02 Å². The van der Waals surface area contributed by atoms with Gasteiger partial charge in [-0.05, 0) is 66.1 Å². The number of thioether (sulfide) groups is 1. The van der Waals surface area contributed by atoms with Crippen LogP contribution in [-0.2, 0) is 22.3 Å². The topological polar surface area (TPSA) is 90.5 Å². The smallest absolute Gasteiger partial charge is 0.381 e. The Morgan fingerprint density at radius 1 is 1.16 bits per heavy atom. The molecule has 5 rings (SSSR count). The van der Waals surface area contributed by atoms with Crippen molar-refractivity contribution in [2.75, 3.05) is 19.8 Å². The molecule has 1 aromatic heterocycles. The van der Waals surface area contributed by atoms with Crippen LogP contribution in [0.4, 0.5) is 18.0 Å². The summed E-state index contributed by atoms with van der Waals surface area (Å²) in [5.74, 6) is -0.399. The third kappa shape index (κ3) is 5.40. The lowest BCUT2D eigenvalue weighted by atomic mass is 9.91. The van der Waals surface area contributed by atoms with Crippen LogP contribution < -0.4 is 5.73 Å². The van der Waals surface area contributed by atoms with E-state index in [1.54, 1.807) is 30.5 Å². The Hall–Kier alpha value is -2.86. The van der Waals surface area contributed by atoms with Crippen molar-refractivity contribution in [3.05, 3.63) is 69.2 Å². The average molecular weight is 551 g/mol. The molecule has 37 heavy (non-hydrogen) atoms. The first-order chi connectivity index (χ1) is 17.5. The fourth-order valence-electron chi connectivity index (χ4n) is 4.47. The van der Waals surface area contributed by atoms with Crippen molar-refractivity contribution in [2.45, 2.75) is 31.1 Å². The Balaban J connectivity index is 1.37. The Bertz CT molecular complexity index is 1420. The summed E-state index contributed by atoms with van der Waals surface area (Å²) in [4.78, 5) is 27.0. The molecule has 0 unspecified atom stereocenters. The molecule has 0 radical (unpaired) electrons. The maximum atomic E-state index is 13.5. The monoisotopic (exact) mass is 550 g/mol. The molecule has 2 fully saturated rings. The molecule has 0 aliphatic carbocycles. The number of rotatable bonds is 5. The minimum atomic E-state index is -4.55. The highest BCUT2D eigenvalue weighted by atomic mass is 35.5. The third-order valence-electron chi connectivity index (χ3n) is 6.50. The van der Waals surface area contributed by atoms with Crippen LogP contribution in [-0.4, -0.2) is 51.1 Å². The maximum Gasteiger partial charge on any atom is 0.416 e. The van der Waals surface area contributed by atoms with E-state index in [1.165, 1.54) is 21.7 Å². The van der Waals surface area contributed by atoms with Crippen molar-refractivity contribution in [1.29, 1.82) is 0 Å². The Morgan fingerprint density at radius 2 is 1.92 bits per heavy atom. The molecule has 2 saturated heterocycles. The zero-order valence-corrected chi connectivity index (χ0v) is 21.0. The summed E-state index contributed by atoms with van der Waals surface area (Å²) in [7, 11) is 0. The quantitative estimate of drug-likeness (QED) is 0.434. The number of benzene rings is 2. The second-order valence-corrected chi connectivity index (χ2v) is 10.6. The van der Waals surface area contributed by atoms with Gasteiger partial charge in [-0.2, -0.15) is 18.3 Å². The minimum Gasteiger partial charge on any atom is -0.381 e. The Kier molecular flexibility index (Phi) is 6.82. The average Bonchev–Trinajstić information content (AvgIpc) is 3.35. The molecule has 0 bridgehead atoms. The zero-order chi connectivity index (χ0) is 26.4. The number of fused-ring (bicyclic) bond motifs is 1. The van der Waals surface area contributed by atoms with Gasteiger partial charge in [0.1, 0.15) is 0 Å². The van der Waals surface area contributed by atoms with Crippen molar-refractivity contribution in [2.24, 2.45) is 5.73 Å². The van der Waals surface area contributed by atoms with E-state index >= 15 is 0 Å². The summed E-state index contributed by atoms with van der Waals surface area (Å²) in [6, 6.07) is 8.87. The van der Waals surface area contributed by atoms with E-state index in [9.17, 15) is 22.8 Å². The second kappa shape index (κ2) is 9.79. The standard InChI is InChI=1S/C25H22ClF3N4O3S/c26-18-3-2-16(19(11-18)25(27,28)29)13-33-20-4-1-15(9-17(20)12-31-33)10-21-22(34)32(23(35)37-21)14-24(30)5-7-36-8-6-24/h1-4,9-12H,5-8,13-14,30H2/b21-10-. The van der Waals surface area contributed by atoms with Crippen LogP contribution in [0, 0.1) is 0 Å². The van der Waals surface area contributed by atoms with E-state index in [2.05, 4.69) is 5.10 Å². The number of ether oxygens (including phenoxy) is 1. The van der Waals surface area contributed by atoms with Gasteiger partial charge in [-0.3, -0.25) is 19.2 Å². The number of carbonyl (C=O) groups is 2. The van der Waals surface area contributed by atoms with E-state index in [1.807, 2.05) is 0 Å². The number of nitrogens with zero attached hydrogens (tertiary/aromatic N) is 3. The number of hydrogen-bond acceptors (Lipinski definition) is 6. The molecule has 0 atom stereocenters. The molecule has 7 nitrogen and oxygen atoms in total. The van der Waals surface area contributed by atoms with Crippen LogP contribution in [0.25, 0.3) is 17.0 Å². The number of amides is 2. The van der Waals surface area contributed by atoms with Crippen LogP contribution in [0.1, 0.15) is 29.5 Å². The normalized spacial score (nSPS) is 19.4. The van der Waals surface area contributed by atoms with Crippen molar-refractivity contribution >= 4 is 51.5 Å². The van der Waals surface area contributed by atoms with Gasteiger partial charge in [0.25, 0.3) is 11.1 Å². The first-order valence-corrected chi connectivity index (χ1v) is 12.7. The number of aromatic nitrogens is 2. The predicted molar refractivity (Wildman–Crippen MR) is 135 cm³/mol. The van der Waals surface area contributed by atoms with E-state index < -0.39 is 23.2 Å². The SMILES string of the molecule is NC1(CN2C(=O)S/C(=C\c3ccc4c(cnn4Cc4ccc(Cl)cc4C(F)(F)F)c3)C2=O)CCOCC1. The van der Waals surface area contributed by atoms with Gasteiger partial charge in [0.15, 0.2) is 0 Å². The summed E-state index contributed by atoms with van der Waals surface area (Å²) < 4.78 is 47.3. The van der Waals surface area contributed by atoms with Gasteiger partial charge in [0.2, 0.25) is 0 Å². The molecular formula is C25H22ClF3N4O3S. The maximum absolute atomic E-state index is 13.5. The fourth-order valence-corrected chi connectivity index (χ4v) is 5.48. The summed E-state index contributed by atoms with van der Waals surface area (Å²) >= 11 is 6.64. The van der Waals surface area contributed by atoms with Gasteiger partial charge in [0, 0.05) is 35.7 Å². The van der Waals surface area contributed by atoms with Crippen LogP contribution in [0.15, 0.2) is 47.5 Å². The lowest BCUT2D eigenvalue weighted by Crippen LogP contribution is -2.54. The van der Waals surface area contributed by atoms with Crippen molar-refractivity contribution in [3.8, 4) is 0 Å². The van der Waals surface area contributed by atoms with E-state index in [-0.39, 0.29) is 33.8 Å². The van der Waals surface area contributed by atoms with Gasteiger partial charge in [-0.25, -0.2) is 0 Å². The van der Waals surface area contributed by atoms with Gasteiger partial charge in [0.05, 0.1) is 28.7 Å². The largest absolute Gasteiger partial charge is 0.416 e. The number of hydrogen-bond donors (Lipinski definition) is 1. The molecule has 3 aromatic rings. The molecule has 194 valence electrons. The fraction of sp³-hybridized carbons (Fsp3) is 0.320. The van der Waals surface area contributed by atoms with E-state index in [0.29, 0.717) is 42.5 Å². The van der Waals surface area contributed by atoms with Gasteiger partial charge < -0.3 is 10.5 Å². The summed E-state index contributed by atoms with van der Waals surface area (Å²) in [5, 5.41) is 4.57. The highest BCUT2D eigenvalue weighted by Gasteiger charge is 2.41. The van der Waals surface area contributed by atoms with Crippen molar-refractivity contribution < 1.29 is 27.5 Å². The number of nitrogens with two attached hydrogens (primary N) is 1. The Morgan fingerprint density at radius 3 is 2.65 bits per heavy atom. The Labute approximate surface area is 219 Å². The number of carbonyl (C=O) groups excluding carboxylic acids is 2. The summed E-state index contributed by atoms with van der Waals surface area (Å²) in [6.07, 6.45) is -0.252. The molecule has 12 heteroatoms. The lowest BCUT2D eigenvalue weighted by molar-refractivity contribution is -0.138. The third-order valence-corrected chi connectivity index (χ3v) is 7.64. The molecule has 0 spiro atoms.